The number of nitriles is 1. The molecular formula is C18H21ClN2OS. The summed E-state index contributed by atoms with van der Waals surface area (Å²) in [5.74, 6) is -0.456. The van der Waals surface area contributed by atoms with E-state index in [1.54, 1.807) is 18.3 Å². The molecule has 2 rings (SSSR count). The summed E-state index contributed by atoms with van der Waals surface area (Å²) in [7, 11) is 0. The fourth-order valence-electron chi connectivity index (χ4n) is 2.11. The zero-order valence-corrected chi connectivity index (χ0v) is 15.6. The molecule has 2 atom stereocenters. The van der Waals surface area contributed by atoms with Gasteiger partial charge in [-0.25, -0.2) is 0 Å². The predicted molar refractivity (Wildman–Crippen MR) is 96.9 cm³/mol. The maximum Gasteiger partial charge on any atom is 0.229 e. The lowest BCUT2D eigenvalue weighted by molar-refractivity contribution is -0.124. The molecule has 3 nitrogen and oxygen atoms in total. The minimum Gasteiger partial charge on any atom is -0.337 e. The number of hydrogen-bond donors (Lipinski definition) is 1. The first kappa shape index (κ1) is 17.8. The number of nitrogens with one attached hydrogen (secondary N) is 1. The van der Waals surface area contributed by atoms with E-state index in [1.165, 1.54) is 0 Å². The number of thiophene rings is 1. The van der Waals surface area contributed by atoms with E-state index >= 15 is 0 Å². The zero-order valence-electron chi connectivity index (χ0n) is 14.0. The lowest BCUT2D eigenvalue weighted by Crippen LogP contribution is -2.54. The van der Waals surface area contributed by atoms with Crippen LogP contribution in [0.5, 0.6) is 0 Å². The number of fused-ring (bicyclic) bond motifs is 1. The molecule has 0 aliphatic heterocycles. The highest BCUT2D eigenvalue weighted by Gasteiger charge is 2.40. The number of halogens is 1. The van der Waals surface area contributed by atoms with Crippen LogP contribution in [0, 0.1) is 16.7 Å². The average molecular weight is 349 g/mol. The van der Waals surface area contributed by atoms with Crippen LogP contribution in [0.15, 0.2) is 24.3 Å². The van der Waals surface area contributed by atoms with Crippen molar-refractivity contribution < 1.29 is 4.79 Å². The monoisotopic (exact) mass is 348 g/mol. The Morgan fingerprint density at radius 2 is 1.96 bits per heavy atom. The van der Waals surface area contributed by atoms with Gasteiger partial charge in [0.25, 0.3) is 0 Å². The van der Waals surface area contributed by atoms with Gasteiger partial charge in [0.15, 0.2) is 0 Å². The normalized spacial score (nSPS) is 15.7. The first-order valence-corrected chi connectivity index (χ1v) is 8.69. The number of carbonyl (C=O) groups excluding carboxylic acids is 1. The second-order valence-electron chi connectivity index (χ2n) is 7.03. The molecule has 1 heterocycles. The lowest BCUT2D eigenvalue weighted by atomic mass is 9.75. The Hall–Kier alpha value is -1.57. The van der Waals surface area contributed by atoms with Crippen LogP contribution in [-0.2, 0) is 4.79 Å². The molecule has 0 fully saturated rings. The Balaban J connectivity index is 2.26. The zero-order chi connectivity index (χ0) is 17.4. The molecule has 122 valence electrons. The third-order valence-corrected chi connectivity index (χ3v) is 5.93. The second kappa shape index (κ2) is 6.14. The SMILES string of the molecule is CC(C(=O)NC(C)(C#N)C(C)(C)C)c1cc2ccc(Cl)cc2s1. The van der Waals surface area contributed by atoms with Gasteiger partial charge in [-0.1, -0.05) is 38.4 Å². The molecule has 2 aromatic rings. The highest BCUT2D eigenvalue weighted by Crippen LogP contribution is 2.34. The van der Waals surface area contributed by atoms with E-state index in [2.05, 4.69) is 11.4 Å². The fraction of sp³-hybridized carbons (Fsp3) is 0.444. The van der Waals surface area contributed by atoms with Gasteiger partial charge in [0, 0.05) is 14.6 Å². The van der Waals surface area contributed by atoms with Gasteiger partial charge in [-0.3, -0.25) is 4.79 Å². The fourth-order valence-corrected chi connectivity index (χ4v) is 3.50. The number of benzene rings is 1. The van der Waals surface area contributed by atoms with Crippen molar-refractivity contribution >= 4 is 38.9 Å². The van der Waals surface area contributed by atoms with Gasteiger partial charge in [0.1, 0.15) is 5.54 Å². The van der Waals surface area contributed by atoms with E-state index in [0.29, 0.717) is 5.02 Å². The van der Waals surface area contributed by atoms with Crippen molar-refractivity contribution in [1.29, 1.82) is 5.26 Å². The molecule has 23 heavy (non-hydrogen) atoms. The molecule has 1 N–H and O–H groups in total. The van der Waals surface area contributed by atoms with Gasteiger partial charge in [-0.2, -0.15) is 5.26 Å². The van der Waals surface area contributed by atoms with Crippen LogP contribution in [0.1, 0.15) is 45.4 Å². The molecule has 0 aliphatic carbocycles. The van der Waals surface area contributed by atoms with Gasteiger partial charge < -0.3 is 5.32 Å². The number of amides is 1. The van der Waals surface area contributed by atoms with Crippen molar-refractivity contribution in [3.05, 3.63) is 34.2 Å². The van der Waals surface area contributed by atoms with E-state index < -0.39 is 5.54 Å². The Kier molecular flexibility index (Phi) is 4.75. The van der Waals surface area contributed by atoms with Crippen molar-refractivity contribution in [1.82, 2.24) is 5.32 Å². The summed E-state index contributed by atoms with van der Waals surface area (Å²) in [5, 5.41) is 14.2. The molecule has 0 saturated carbocycles. The molecule has 2 unspecified atom stereocenters. The summed E-state index contributed by atoms with van der Waals surface area (Å²) in [6.07, 6.45) is 0. The number of carbonyl (C=O) groups is 1. The molecular weight excluding hydrogens is 328 g/mol. The highest BCUT2D eigenvalue weighted by molar-refractivity contribution is 7.19. The molecule has 0 bridgehead atoms. The quantitative estimate of drug-likeness (QED) is 0.838. The Labute approximate surface area is 146 Å². The maximum atomic E-state index is 12.6. The maximum absolute atomic E-state index is 12.6. The summed E-state index contributed by atoms with van der Waals surface area (Å²) >= 11 is 7.58. The van der Waals surface area contributed by atoms with Gasteiger partial charge in [-0.15, -0.1) is 11.3 Å². The first-order chi connectivity index (χ1) is 10.6. The molecule has 1 aromatic carbocycles. The number of hydrogen-bond acceptors (Lipinski definition) is 3. The van der Waals surface area contributed by atoms with Gasteiger partial charge >= 0.3 is 0 Å². The van der Waals surface area contributed by atoms with Gasteiger partial charge in [-0.05, 0) is 42.8 Å². The van der Waals surface area contributed by atoms with Crippen molar-refractivity contribution in [2.75, 3.05) is 0 Å². The highest BCUT2D eigenvalue weighted by atomic mass is 35.5. The van der Waals surface area contributed by atoms with E-state index in [4.69, 9.17) is 11.6 Å². The average Bonchev–Trinajstić information content (AvgIpc) is 2.87. The second-order valence-corrected chi connectivity index (χ2v) is 8.58. The number of rotatable bonds is 3. The Morgan fingerprint density at radius 3 is 2.52 bits per heavy atom. The van der Waals surface area contributed by atoms with Crippen molar-refractivity contribution in [2.45, 2.75) is 46.1 Å². The summed E-state index contributed by atoms with van der Waals surface area (Å²) in [6, 6.07) is 9.97. The van der Waals surface area contributed by atoms with Crippen LogP contribution in [0.3, 0.4) is 0 Å². The minimum atomic E-state index is -0.918. The van der Waals surface area contributed by atoms with E-state index in [1.807, 2.05) is 52.0 Å². The van der Waals surface area contributed by atoms with Crippen LogP contribution in [-0.4, -0.2) is 11.4 Å². The molecule has 0 radical (unpaired) electrons. The van der Waals surface area contributed by atoms with Crippen LogP contribution in [0.25, 0.3) is 10.1 Å². The van der Waals surface area contributed by atoms with Crippen LogP contribution < -0.4 is 5.32 Å². The summed E-state index contributed by atoms with van der Waals surface area (Å²) in [5.41, 5.74) is -1.27. The molecule has 0 saturated heterocycles. The summed E-state index contributed by atoms with van der Waals surface area (Å²) in [6.45, 7) is 9.47. The Morgan fingerprint density at radius 1 is 1.30 bits per heavy atom. The molecule has 0 spiro atoms. The smallest absolute Gasteiger partial charge is 0.229 e. The molecule has 1 aromatic heterocycles. The molecule has 1 amide bonds. The van der Waals surface area contributed by atoms with Crippen LogP contribution in [0.2, 0.25) is 5.02 Å². The summed E-state index contributed by atoms with van der Waals surface area (Å²) in [4.78, 5) is 13.6. The minimum absolute atomic E-state index is 0.137. The van der Waals surface area contributed by atoms with Gasteiger partial charge in [0.05, 0.1) is 12.0 Å². The lowest BCUT2D eigenvalue weighted by Gasteiger charge is -2.37. The van der Waals surface area contributed by atoms with Crippen LogP contribution in [0.4, 0.5) is 0 Å². The standard InChI is InChI=1S/C18H21ClN2OS/c1-11(16(22)21-18(5,10-20)17(2,3)4)14-8-12-6-7-13(19)9-15(12)23-14/h6-9,11H,1-5H3,(H,21,22). The Bertz CT molecular complexity index is 784. The third-order valence-electron chi connectivity index (χ3n) is 4.42. The third kappa shape index (κ3) is 3.52. The van der Waals surface area contributed by atoms with E-state index in [0.717, 1.165) is 15.0 Å². The number of nitrogens with zero attached hydrogens (tertiary/aromatic N) is 1. The van der Waals surface area contributed by atoms with Crippen molar-refractivity contribution in [3.63, 3.8) is 0 Å². The first-order valence-electron chi connectivity index (χ1n) is 7.50. The van der Waals surface area contributed by atoms with Crippen molar-refractivity contribution in [3.8, 4) is 6.07 Å². The molecule has 5 heteroatoms. The van der Waals surface area contributed by atoms with E-state index in [-0.39, 0.29) is 17.2 Å². The van der Waals surface area contributed by atoms with E-state index in [9.17, 15) is 10.1 Å². The largest absolute Gasteiger partial charge is 0.337 e. The predicted octanol–water partition coefficient (Wildman–Crippen LogP) is 5.10. The summed E-state index contributed by atoms with van der Waals surface area (Å²) < 4.78 is 1.06. The van der Waals surface area contributed by atoms with Crippen molar-refractivity contribution in [2.24, 2.45) is 5.41 Å². The molecule has 0 aliphatic rings. The topological polar surface area (TPSA) is 52.9 Å². The van der Waals surface area contributed by atoms with Crippen LogP contribution >= 0.6 is 22.9 Å². The van der Waals surface area contributed by atoms with Gasteiger partial charge in [0.2, 0.25) is 5.91 Å².